The van der Waals surface area contributed by atoms with E-state index in [0.717, 1.165) is 25.6 Å². The maximum absolute atomic E-state index is 12.5. The number of amides is 1. The van der Waals surface area contributed by atoms with Gasteiger partial charge in [-0.25, -0.2) is 13.1 Å². The Morgan fingerprint density at radius 2 is 2.15 bits per heavy atom. The summed E-state index contributed by atoms with van der Waals surface area (Å²) in [4.78, 5) is 14.4. The molecule has 1 fully saturated rings. The Bertz CT molecular complexity index is 432. The number of hydrogen-bond acceptors (Lipinski definition) is 4. The van der Waals surface area contributed by atoms with Crippen LogP contribution in [0.5, 0.6) is 0 Å². The Morgan fingerprint density at radius 1 is 1.50 bits per heavy atom. The number of nitrogens with one attached hydrogen (secondary N) is 1. The highest BCUT2D eigenvalue weighted by molar-refractivity contribution is 7.88. The first-order chi connectivity index (χ1) is 9.22. The second kappa shape index (κ2) is 6.87. The number of piperidine rings is 1. The lowest BCUT2D eigenvalue weighted by Gasteiger charge is -2.38. The van der Waals surface area contributed by atoms with E-state index in [4.69, 9.17) is 5.73 Å². The lowest BCUT2D eigenvalue weighted by molar-refractivity contribution is -0.142. The van der Waals surface area contributed by atoms with Crippen LogP contribution in [0.3, 0.4) is 0 Å². The summed E-state index contributed by atoms with van der Waals surface area (Å²) < 4.78 is 24.8. The molecule has 118 valence electrons. The van der Waals surface area contributed by atoms with Crippen molar-refractivity contribution in [1.29, 1.82) is 0 Å². The van der Waals surface area contributed by atoms with Gasteiger partial charge in [-0.1, -0.05) is 6.92 Å². The quantitative estimate of drug-likeness (QED) is 0.730. The molecule has 0 aromatic carbocycles. The highest BCUT2D eigenvalue weighted by Crippen LogP contribution is 2.26. The molecular weight excluding hydrogens is 278 g/mol. The van der Waals surface area contributed by atoms with Gasteiger partial charge in [0.2, 0.25) is 15.9 Å². The summed E-state index contributed by atoms with van der Waals surface area (Å²) in [5.74, 6) is 0.271. The van der Waals surface area contributed by atoms with Crippen molar-refractivity contribution in [2.24, 2.45) is 17.1 Å². The summed E-state index contributed by atoms with van der Waals surface area (Å²) in [5, 5.41) is 0. The topological polar surface area (TPSA) is 92.5 Å². The van der Waals surface area contributed by atoms with Crippen LogP contribution in [-0.4, -0.2) is 51.7 Å². The average Bonchev–Trinajstić information content (AvgIpc) is 2.43. The number of hydrogen-bond donors (Lipinski definition) is 2. The summed E-state index contributed by atoms with van der Waals surface area (Å²) in [6.45, 7) is 5.95. The maximum Gasteiger partial charge on any atom is 0.229 e. The Balaban J connectivity index is 2.62. The van der Waals surface area contributed by atoms with Crippen LogP contribution in [0.2, 0.25) is 0 Å². The zero-order valence-corrected chi connectivity index (χ0v) is 13.5. The molecule has 1 heterocycles. The van der Waals surface area contributed by atoms with Crippen LogP contribution in [0.4, 0.5) is 0 Å². The zero-order chi connectivity index (χ0) is 15.4. The summed E-state index contributed by atoms with van der Waals surface area (Å²) in [5.41, 5.74) is 5.23. The minimum atomic E-state index is -3.17. The molecule has 1 saturated heterocycles. The average molecular weight is 305 g/mol. The van der Waals surface area contributed by atoms with Crippen molar-refractivity contribution < 1.29 is 13.2 Å². The number of nitrogens with two attached hydrogens (primary N) is 1. The molecule has 0 aliphatic carbocycles. The van der Waals surface area contributed by atoms with Gasteiger partial charge in [0.15, 0.2) is 0 Å². The van der Waals surface area contributed by atoms with Crippen LogP contribution in [0.1, 0.15) is 33.1 Å². The van der Waals surface area contributed by atoms with Crippen LogP contribution >= 0.6 is 0 Å². The molecule has 6 nitrogen and oxygen atoms in total. The van der Waals surface area contributed by atoms with E-state index in [1.165, 1.54) is 0 Å². The standard InChI is InChI=1S/C13H27N3O3S/c1-4-13(2,10-14)12(17)16-7-5-6-11(9-16)8-15-20(3,18)19/h11,15H,4-10,14H2,1-3H3. The molecule has 7 heteroatoms. The number of likely N-dealkylation sites (tertiary alicyclic amines) is 1. The number of rotatable bonds is 6. The van der Waals surface area contributed by atoms with Crippen molar-refractivity contribution >= 4 is 15.9 Å². The fourth-order valence-corrected chi connectivity index (χ4v) is 2.99. The van der Waals surface area contributed by atoms with E-state index in [-0.39, 0.29) is 11.8 Å². The molecule has 1 aliphatic rings. The van der Waals surface area contributed by atoms with Gasteiger partial charge < -0.3 is 10.6 Å². The van der Waals surface area contributed by atoms with Gasteiger partial charge in [-0.2, -0.15) is 0 Å². The van der Waals surface area contributed by atoms with Gasteiger partial charge in [-0.15, -0.1) is 0 Å². The summed E-state index contributed by atoms with van der Waals surface area (Å²) in [6, 6.07) is 0. The predicted octanol–water partition coefficient (Wildman–Crippen LogP) is 0.149. The molecule has 0 aromatic rings. The number of nitrogens with zero attached hydrogens (tertiary/aromatic N) is 1. The van der Waals surface area contributed by atoms with Gasteiger partial charge in [-0.3, -0.25) is 4.79 Å². The van der Waals surface area contributed by atoms with Gasteiger partial charge in [0.25, 0.3) is 0 Å². The highest BCUT2D eigenvalue weighted by Gasteiger charge is 2.35. The Kier molecular flexibility index (Phi) is 5.97. The van der Waals surface area contributed by atoms with Crippen LogP contribution in [-0.2, 0) is 14.8 Å². The molecule has 1 amide bonds. The van der Waals surface area contributed by atoms with Crippen LogP contribution in [0.25, 0.3) is 0 Å². The van der Waals surface area contributed by atoms with E-state index in [1.807, 2.05) is 18.7 Å². The molecule has 1 aliphatic heterocycles. The van der Waals surface area contributed by atoms with Gasteiger partial charge in [0, 0.05) is 26.2 Å². The lowest BCUT2D eigenvalue weighted by Crippen LogP contribution is -2.50. The zero-order valence-electron chi connectivity index (χ0n) is 12.7. The fourth-order valence-electron chi connectivity index (χ4n) is 2.45. The molecule has 0 aromatic heterocycles. The van der Waals surface area contributed by atoms with E-state index >= 15 is 0 Å². The van der Waals surface area contributed by atoms with E-state index in [1.54, 1.807) is 0 Å². The minimum absolute atomic E-state index is 0.0894. The van der Waals surface area contributed by atoms with Gasteiger partial charge >= 0.3 is 0 Å². The van der Waals surface area contributed by atoms with Crippen molar-refractivity contribution in [2.75, 3.05) is 32.4 Å². The molecule has 1 rings (SSSR count). The first-order valence-electron chi connectivity index (χ1n) is 7.16. The van der Waals surface area contributed by atoms with Crippen molar-refractivity contribution in [1.82, 2.24) is 9.62 Å². The first kappa shape index (κ1) is 17.4. The van der Waals surface area contributed by atoms with Crippen molar-refractivity contribution in [3.05, 3.63) is 0 Å². The Morgan fingerprint density at radius 3 is 2.65 bits per heavy atom. The monoisotopic (exact) mass is 305 g/mol. The van der Waals surface area contributed by atoms with Crippen molar-refractivity contribution in [3.63, 3.8) is 0 Å². The third-order valence-corrected chi connectivity index (χ3v) is 4.88. The Hall–Kier alpha value is -0.660. The van der Waals surface area contributed by atoms with Crippen LogP contribution in [0, 0.1) is 11.3 Å². The molecule has 0 spiro atoms. The van der Waals surface area contributed by atoms with Gasteiger partial charge in [0.1, 0.15) is 0 Å². The third-order valence-electron chi connectivity index (χ3n) is 4.19. The van der Waals surface area contributed by atoms with E-state index in [2.05, 4.69) is 4.72 Å². The lowest BCUT2D eigenvalue weighted by atomic mass is 9.84. The van der Waals surface area contributed by atoms with Crippen molar-refractivity contribution in [3.8, 4) is 0 Å². The van der Waals surface area contributed by atoms with E-state index < -0.39 is 15.4 Å². The van der Waals surface area contributed by atoms with Crippen LogP contribution < -0.4 is 10.5 Å². The van der Waals surface area contributed by atoms with E-state index in [9.17, 15) is 13.2 Å². The Labute approximate surface area is 122 Å². The molecule has 2 unspecified atom stereocenters. The first-order valence-corrected chi connectivity index (χ1v) is 9.05. The smallest absolute Gasteiger partial charge is 0.229 e. The molecule has 0 saturated carbocycles. The van der Waals surface area contributed by atoms with E-state index in [0.29, 0.717) is 26.1 Å². The molecule has 20 heavy (non-hydrogen) atoms. The molecular formula is C13H27N3O3S. The largest absolute Gasteiger partial charge is 0.342 e. The second-order valence-corrected chi connectivity index (χ2v) is 7.83. The number of carbonyl (C=O) groups excluding carboxylic acids is 1. The maximum atomic E-state index is 12.5. The molecule has 0 bridgehead atoms. The summed E-state index contributed by atoms with van der Waals surface area (Å²) >= 11 is 0. The normalized spacial score (nSPS) is 23.4. The van der Waals surface area contributed by atoms with Crippen LogP contribution in [0.15, 0.2) is 0 Å². The predicted molar refractivity (Wildman–Crippen MR) is 79.6 cm³/mol. The second-order valence-electron chi connectivity index (χ2n) is 6.00. The summed E-state index contributed by atoms with van der Waals surface area (Å²) in [6.07, 6.45) is 3.72. The molecule has 0 radical (unpaired) electrons. The summed E-state index contributed by atoms with van der Waals surface area (Å²) in [7, 11) is -3.17. The highest BCUT2D eigenvalue weighted by atomic mass is 32.2. The third kappa shape index (κ3) is 4.71. The van der Waals surface area contributed by atoms with Gasteiger partial charge in [0.05, 0.1) is 11.7 Å². The fraction of sp³-hybridized carbons (Fsp3) is 0.923. The molecule has 3 N–H and O–H groups in total. The van der Waals surface area contributed by atoms with Crippen molar-refractivity contribution in [2.45, 2.75) is 33.1 Å². The molecule has 2 atom stereocenters. The SMILES string of the molecule is CCC(C)(CN)C(=O)N1CCCC(CNS(C)(=O)=O)C1. The minimum Gasteiger partial charge on any atom is -0.342 e. The number of carbonyl (C=O) groups is 1. The van der Waals surface area contributed by atoms with Gasteiger partial charge in [-0.05, 0) is 32.1 Å². The number of sulfonamides is 1.